The lowest BCUT2D eigenvalue weighted by Crippen LogP contribution is -2.26. The number of phenolic OH excluding ortho intramolecular Hbond substituents is 1. The van der Waals surface area contributed by atoms with Crippen molar-refractivity contribution in [2.75, 3.05) is 20.1 Å². The SMILES string of the molecule is CN(CCCC1(c2cccc(O)c2)CCCC1)CC1CC1.Cl. The van der Waals surface area contributed by atoms with Crippen molar-refractivity contribution in [3.05, 3.63) is 29.8 Å². The van der Waals surface area contributed by atoms with Crippen molar-refractivity contribution in [2.24, 2.45) is 5.92 Å². The highest BCUT2D eigenvalue weighted by Crippen LogP contribution is 2.45. The fourth-order valence-electron chi connectivity index (χ4n) is 4.09. The number of halogens is 1. The van der Waals surface area contributed by atoms with Crippen molar-refractivity contribution < 1.29 is 5.11 Å². The van der Waals surface area contributed by atoms with Crippen LogP contribution in [-0.2, 0) is 5.41 Å². The summed E-state index contributed by atoms with van der Waals surface area (Å²) >= 11 is 0. The lowest BCUT2D eigenvalue weighted by Gasteiger charge is -2.31. The second-order valence-corrected chi connectivity index (χ2v) is 7.35. The van der Waals surface area contributed by atoms with Gasteiger partial charge in [-0.1, -0.05) is 25.0 Å². The van der Waals surface area contributed by atoms with E-state index < -0.39 is 0 Å². The Morgan fingerprint density at radius 1 is 1.23 bits per heavy atom. The molecular weight excluding hydrogens is 294 g/mol. The summed E-state index contributed by atoms with van der Waals surface area (Å²) in [5.74, 6) is 1.41. The minimum atomic E-state index is 0. The van der Waals surface area contributed by atoms with Crippen molar-refractivity contribution in [3.63, 3.8) is 0 Å². The molecule has 2 aliphatic rings. The molecule has 124 valence electrons. The molecule has 0 amide bonds. The molecule has 3 rings (SSSR count). The van der Waals surface area contributed by atoms with E-state index in [1.807, 2.05) is 12.1 Å². The van der Waals surface area contributed by atoms with Gasteiger partial charge in [0.05, 0.1) is 0 Å². The van der Waals surface area contributed by atoms with Crippen LogP contribution in [0.4, 0.5) is 0 Å². The zero-order valence-electron chi connectivity index (χ0n) is 13.8. The van der Waals surface area contributed by atoms with Crippen molar-refractivity contribution in [2.45, 2.75) is 56.8 Å². The van der Waals surface area contributed by atoms with Gasteiger partial charge in [-0.3, -0.25) is 0 Å². The van der Waals surface area contributed by atoms with E-state index in [-0.39, 0.29) is 12.4 Å². The van der Waals surface area contributed by atoms with Crippen molar-refractivity contribution in [3.8, 4) is 5.75 Å². The monoisotopic (exact) mass is 323 g/mol. The van der Waals surface area contributed by atoms with E-state index >= 15 is 0 Å². The molecule has 22 heavy (non-hydrogen) atoms. The maximum Gasteiger partial charge on any atom is 0.115 e. The summed E-state index contributed by atoms with van der Waals surface area (Å²) in [6.45, 7) is 2.51. The molecule has 2 saturated carbocycles. The van der Waals surface area contributed by atoms with Gasteiger partial charge in [-0.05, 0) is 81.1 Å². The second-order valence-electron chi connectivity index (χ2n) is 7.35. The first kappa shape index (κ1) is 17.6. The van der Waals surface area contributed by atoms with E-state index in [1.165, 1.54) is 70.0 Å². The van der Waals surface area contributed by atoms with Gasteiger partial charge in [-0.2, -0.15) is 0 Å². The third kappa shape index (κ3) is 4.39. The van der Waals surface area contributed by atoms with Gasteiger partial charge in [0.2, 0.25) is 0 Å². The van der Waals surface area contributed by atoms with Gasteiger partial charge in [0.1, 0.15) is 5.75 Å². The molecule has 0 aliphatic heterocycles. The van der Waals surface area contributed by atoms with Gasteiger partial charge >= 0.3 is 0 Å². The average Bonchev–Trinajstić information content (AvgIpc) is 3.14. The first-order valence-electron chi connectivity index (χ1n) is 8.66. The summed E-state index contributed by atoms with van der Waals surface area (Å²) in [4.78, 5) is 2.52. The van der Waals surface area contributed by atoms with Crippen LogP contribution in [0.5, 0.6) is 5.75 Å². The van der Waals surface area contributed by atoms with E-state index in [0.717, 1.165) is 5.92 Å². The predicted octanol–water partition coefficient (Wildman–Crippen LogP) is 4.75. The maximum absolute atomic E-state index is 9.80. The highest BCUT2D eigenvalue weighted by Gasteiger charge is 2.35. The molecule has 0 aromatic heterocycles. The van der Waals surface area contributed by atoms with E-state index in [9.17, 15) is 5.11 Å². The number of hydrogen-bond donors (Lipinski definition) is 1. The third-order valence-corrected chi connectivity index (χ3v) is 5.48. The van der Waals surface area contributed by atoms with Gasteiger partial charge in [0, 0.05) is 6.54 Å². The molecule has 2 nitrogen and oxygen atoms in total. The summed E-state index contributed by atoms with van der Waals surface area (Å²) in [5, 5.41) is 9.80. The first-order chi connectivity index (χ1) is 10.2. The fourth-order valence-corrected chi connectivity index (χ4v) is 4.09. The lowest BCUT2D eigenvalue weighted by atomic mass is 9.75. The number of phenols is 1. The highest BCUT2D eigenvalue weighted by molar-refractivity contribution is 5.85. The minimum absolute atomic E-state index is 0. The van der Waals surface area contributed by atoms with Crippen LogP contribution in [0.15, 0.2) is 24.3 Å². The molecule has 1 N–H and O–H groups in total. The molecule has 0 bridgehead atoms. The molecule has 0 atom stereocenters. The molecule has 0 saturated heterocycles. The Hall–Kier alpha value is -0.730. The minimum Gasteiger partial charge on any atom is -0.508 e. The molecular formula is C19H30ClNO. The Bertz CT molecular complexity index is 466. The van der Waals surface area contributed by atoms with Crippen molar-refractivity contribution in [1.29, 1.82) is 0 Å². The Morgan fingerprint density at radius 2 is 1.95 bits per heavy atom. The van der Waals surface area contributed by atoms with Crippen molar-refractivity contribution >= 4 is 12.4 Å². The Morgan fingerprint density at radius 3 is 2.59 bits per heavy atom. The van der Waals surface area contributed by atoms with Crippen LogP contribution < -0.4 is 0 Å². The van der Waals surface area contributed by atoms with Crippen molar-refractivity contribution in [1.82, 2.24) is 4.90 Å². The zero-order chi connectivity index (χ0) is 14.7. The summed E-state index contributed by atoms with van der Waals surface area (Å²) in [7, 11) is 2.27. The van der Waals surface area contributed by atoms with Crippen LogP contribution in [0.2, 0.25) is 0 Å². The quantitative estimate of drug-likeness (QED) is 0.783. The predicted molar refractivity (Wildman–Crippen MR) is 95.0 cm³/mol. The first-order valence-corrected chi connectivity index (χ1v) is 8.66. The number of aromatic hydroxyl groups is 1. The molecule has 2 fully saturated rings. The van der Waals surface area contributed by atoms with E-state index in [1.54, 1.807) is 6.07 Å². The molecule has 3 heteroatoms. The molecule has 1 aromatic carbocycles. The average molecular weight is 324 g/mol. The maximum atomic E-state index is 9.80. The summed E-state index contributed by atoms with van der Waals surface area (Å²) in [6, 6.07) is 8.01. The molecule has 0 radical (unpaired) electrons. The molecule has 0 unspecified atom stereocenters. The van der Waals surface area contributed by atoms with Crippen LogP contribution in [0.3, 0.4) is 0 Å². The zero-order valence-corrected chi connectivity index (χ0v) is 14.6. The van der Waals surface area contributed by atoms with E-state index in [4.69, 9.17) is 0 Å². The lowest BCUT2D eigenvalue weighted by molar-refractivity contribution is 0.288. The van der Waals surface area contributed by atoms with Gasteiger partial charge in [0.15, 0.2) is 0 Å². The van der Waals surface area contributed by atoms with Crippen LogP contribution in [-0.4, -0.2) is 30.1 Å². The van der Waals surface area contributed by atoms with Gasteiger partial charge < -0.3 is 10.0 Å². The third-order valence-electron chi connectivity index (χ3n) is 5.48. The smallest absolute Gasteiger partial charge is 0.115 e. The molecule has 2 aliphatic carbocycles. The van der Waals surface area contributed by atoms with Crippen LogP contribution >= 0.6 is 12.4 Å². The Labute approximate surface area is 141 Å². The number of rotatable bonds is 7. The molecule has 0 spiro atoms. The Kier molecular flexibility index (Phi) is 6.17. The molecule has 0 heterocycles. The van der Waals surface area contributed by atoms with Crippen LogP contribution in [0.1, 0.15) is 56.9 Å². The number of benzene rings is 1. The van der Waals surface area contributed by atoms with E-state index in [2.05, 4.69) is 18.0 Å². The van der Waals surface area contributed by atoms with E-state index in [0.29, 0.717) is 11.2 Å². The summed E-state index contributed by atoms with van der Waals surface area (Å²) < 4.78 is 0. The summed E-state index contributed by atoms with van der Waals surface area (Å²) in [5.41, 5.74) is 1.70. The number of nitrogens with zero attached hydrogens (tertiary/aromatic N) is 1. The normalized spacial score (nSPS) is 20.1. The van der Waals surface area contributed by atoms with Gasteiger partial charge in [0.25, 0.3) is 0 Å². The summed E-state index contributed by atoms with van der Waals surface area (Å²) in [6.07, 6.45) is 10.7. The van der Waals surface area contributed by atoms with Gasteiger partial charge in [-0.25, -0.2) is 0 Å². The highest BCUT2D eigenvalue weighted by atomic mass is 35.5. The van der Waals surface area contributed by atoms with Crippen LogP contribution in [0, 0.1) is 5.92 Å². The fraction of sp³-hybridized carbons (Fsp3) is 0.684. The number of hydrogen-bond acceptors (Lipinski definition) is 2. The van der Waals surface area contributed by atoms with Gasteiger partial charge in [-0.15, -0.1) is 12.4 Å². The standard InChI is InChI=1S/C19H29NO.ClH/c1-20(15-16-8-9-16)13-5-12-19(10-2-3-11-19)17-6-4-7-18(21)14-17;/h4,6-7,14,16,21H,2-3,5,8-13,15H2,1H3;1H. The largest absolute Gasteiger partial charge is 0.508 e. The molecule has 1 aromatic rings. The topological polar surface area (TPSA) is 23.5 Å². The second kappa shape index (κ2) is 7.70. The van der Waals surface area contributed by atoms with Crippen LogP contribution in [0.25, 0.3) is 0 Å². The Balaban J connectivity index is 0.00000176.